The number of benzene rings is 1. The van der Waals surface area contributed by atoms with E-state index >= 15 is 0 Å². The lowest BCUT2D eigenvalue weighted by molar-refractivity contribution is 0.0293. The summed E-state index contributed by atoms with van der Waals surface area (Å²) in [5, 5.41) is 3.47. The molecule has 5 heteroatoms. The summed E-state index contributed by atoms with van der Waals surface area (Å²) in [7, 11) is 0. The second kappa shape index (κ2) is 7.57. The van der Waals surface area contributed by atoms with Crippen LogP contribution in [0.3, 0.4) is 0 Å². The maximum atomic E-state index is 12.1. The van der Waals surface area contributed by atoms with Crippen molar-refractivity contribution in [3.63, 3.8) is 0 Å². The van der Waals surface area contributed by atoms with Crippen molar-refractivity contribution in [2.45, 2.75) is 52.2 Å². The number of amides is 1. The number of hydrogen-bond donors (Lipinski definition) is 1. The van der Waals surface area contributed by atoms with Gasteiger partial charge in [0.05, 0.1) is 6.61 Å². The van der Waals surface area contributed by atoms with E-state index in [2.05, 4.69) is 12.2 Å². The van der Waals surface area contributed by atoms with Gasteiger partial charge in [-0.1, -0.05) is 6.92 Å². The van der Waals surface area contributed by atoms with Crippen LogP contribution in [0.25, 0.3) is 0 Å². The highest BCUT2D eigenvalue weighted by Crippen LogP contribution is 2.21. The van der Waals surface area contributed by atoms with Crippen LogP contribution in [0.5, 0.6) is 5.75 Å². The average Bonchev–Trinajstić information content (AvgIpc) is 2.93. The molecule has 2 rings (SSSR count). The Morgan fingerprint density at radius 1 is 1.30 bits per heavy atom. The fraction of sp³-hybridized carbons (Fsp3) is 0.611. The molecular formula is C18H28N2O3. The van der Waals surface area contributed by atoms with Gasteiger partial charge in [0.2, 0.25) is 0 Å². The fourth-order valence-electron chi connectivity index (χ4n) is 2.47. The molecule has 0 aromatic heterocycles. The van der Waals surface area contributed by atoms with Gasteiger partial charge in [0, 0.05) is 24.8 Å². The second-order valence-corrected chi connectivity index (χ2v) is 6.93. The maximum absolute atomic E-state index is 12.1. The number of carbonyl (C=O) groups excluding carboxylic acids is 1. The Hall–Kier alpha value is -1.91. The first-order chi connectivity index (χ1) is 10.9. The van der Waals surface area contributed by atoms with E-state index < -0.39 is 5.60 Å². The zero-order chi connectivity index (χ0) is 16.9. The van der Waals surface area contributed by atoms with E-state index in [1.54, 1.807) is 4.90 Å². The van der Waals surface area contributed by atoms with Crippen LogP contribution in [0.2, 0.25) is 0 Å². The van der Waals surface area contributed by atoms with E-state index in [1.807, 2.05) is 45.0 Å². The van der Waals surface area contributed by atoms with Gasteiger partial charge in [0.25, 0.3) is 0 Å². The Morgan fingerprint density at radius 3 is 2.61 bits per heavy atom. The molecule has 1 N–H and O–H groups in total. The third kappa shape index (κ3) is 5.66. The van der Waals surface area contributed by atoms with Crippen molar-refractivity contribution in [1.29, 1.82) is 0 Å². The Bertz CT molecular complexity index is 508. The van der Waals surface area contributed by atoms with Gasteiger partial charge >= 0.3 is 6.09 Å². The van der Waals surface area contributed by atoms with Crippen LogP contribution in [0.15, 0.2) is 24.3 Å². The number of ether oxygens (including phenoxy) is 2. The van der Waals surface area contributed by atoms with Crippen molar-refractivity contribution < 1.29 is 14.3 Å². The predicted molar refractivity (Wildman–Crippen MR) is 92.1 cm³/mol. The maximum Gasteiger partial charge on any atom is 0.410 e. The van der Waals surface area contributed by atoms with Gasteiger partial charge in [-0.25, -0.2) is 4.79 Å². The minimum Gasteiger partial charge on any atom is -0.494 e. The van der Waals surface area contributed by atoms with Crippen molar-refractivity contribution >= 4 is 11.8 Å². The summed E-state index contributed by atoms with van der Waals surface area (Å²) in [5.41, 5.74) is 0.599. The van der Waals surface area contributed by atoms with Gasteiger partial charge in [0.15, 0.2) is 0 Å². The van der Waals surface area contributed by atoms with E-state index in [4.69, 9.17) is 9.47 Å². The molecule has 1 atom stereocenters. The van der Waals surface area contributed by atoms with Crippen molar-refractivity contribution in [2.75, 3.05) is 25.0 Å². The molecule has 0 aliphatic carbocycles. The molecule has 5 nitrogen and oxygen atoms in total. The molecule has 0 saturated carbocycles. The molecule has 1 aliphatic rings. The summed E-state index contributed by atoms with van der Waals surface area (Å²) >= 11 is 0. The van der Waals surface area contributed by atoms with Crippen molar-refractivity contribution in [3.05, 3.63) is 24.3 Å². The van der Waals surface area contributed by atoms with Crippen LogP contribution in [-0.2, 0) is 4.74 Å². The lowest BCUT2D eigenvalue weighted by atomic mass is 10.2. The summed E-state index contributed by atoms with van der Waals surface area (Å²) < 4.78 is 11.0. The van der Waals surface area contributed by atoms with E-state index in [0.29, 0.717) is 6.54 Å². The summed E-state index contributed by atoms with van der Waals surface area (Å²) in [5.74, 6) is 0.888. The summed E-state index contributed by atoms with van der Waals surface area (Å²) in [6, 6.07) is 8.23. The Kier molecular flexibility index (Phi) is 5.74. The molecule has 0 spiro atoms. The van der Waals surface area contributed by atoms with Crippen LogP contribution in [0, 0.1) is 0 Å². The topological polar surface area (TPSA) is 50.8 Å². The Morgan fingerprint density at radius 2 is 2.00 bits per heavy atom. The molecule has 1 aliphatic heterocycles. The number of nitrogens with one attached hydrogen (secondary N) is 1. The van der Waals surface area contributed by atoms with Crippen molar-refractivity contribution in [3.8, 4) is 5.75 Å². The SMILES string of the molecule is CCCOc1ccc(NC2CCN(C(=O)OC(C)(C)C)C2)cc1. The molecule has 128 valence electrons. The zero-order valence-electron chi connectivity index (χ0n) is 14.6. The van der Waals surface area contributed by atoms with Gasteiger partial charge in [-0.3, -0.25) is 0 Å². The Labute approximate surface area is 139 Å². The summed E-state index contributed by atoms with van der Waals surface area (Å²) in [6.45, 7) is 9.89. The van der Waals surface area contributed by atoms with E-state index in [-0.39, 0.29) is 12.1 Å². The molecule has 23 heavy (non-hydrogen) atoms. The minimum atomic E-state index is -0.448. The molecule has 1 saturated heterocycles. The predicted octanol–water partition coefficient (Wildman–Crippen LogP) is 3.90. The first-order valence-electron chi connectivity index (χ1n) is 8.34. The molecule has 1 heterocycles. The van der Waals surface area contributed by atoms with Crippen molar-refractivity contribution in [2.24, 2.45) is 0 Å². The minimum absolute atomic E-state index is 0.231. The largest absolute Gasteiger partial charge is 0.494 e. The lowest BCUT2D eigenvalue weighted by Gasteiger charge is -2.24. The number of rotatable bonds is 5. The van der Waals surface area contributed by atoms with Crippen LogP contribution < -0.4 is 10.1 Å². The second-order valence-electron chi connectivity index (χ2n) is 6.93. The zero-order valence-corrected chi connectivity index (χ0v) is 14.6. The van der Waals surface area contributed by atoms with E-state index in [0.717, 1.165) is 37.4 Å². The molecule has 1 aromatic rings. The third-order valence-corrected chi connectivity index (χ3v) is 3.54. The van der Waals surface area contributed by atoms with E-state index in [9.17, 15) is 4.79 Å². The lowest BCUT2D eigenvalue weighted by Crippen LogP contribution is -2.36. The fourth-order valence-corrected chi connectivity index (χ4v) is 2.47. The molecule has 0 radical (unpaired) electrons. The van der Waals surface area contributed by atoms with Crippen LogP contribution in [-0.4, -0.2) is 42.3 Å². The molecule has 1 aromatic carbocycles. The van der Waals surface area contributed by atoms with Crippen molar-refractivity contribution in [1.82, 2.24) is 4.90 Å². The highest BCUT2D eigenvalue weighted by molar-refractivity contribution is 5.68. The van der Waals surface area contributed by atoms with Gasteiger partial charge < -0.3 is 19.7 Å². The number of hydrogen-bond acceptors (Lipinski definition) is 4. The van der Waals surface area contributed by atoms with Gasteiger partial charge in [-0.2, -0.15) is 0 Å². The number of carbonyl (C=O) groups is 1. The monoisotopic (exact) mass is 320 g/mol. The molecule has 1 unspecified atom stereocenters. The highest BCUT2D eigenvalue weighted by Gasteiger charge is 2.29. The standard InChI is InChI=1S/C18H28N2O3/c1-5-12-22-16-8-6-14(7-9-16)19-15-10-11-20(13-15)17(21)23-18(2,3)4/h6-9,15,19H,5,10-13H2,1-4H3. The molecular weight excluding hydrogens is 292 g/mol. The molecule has 0 bridgehead atoms. The Balaban J connectivity index is 1.82. The molecule has 1 fully saturated rings. The number of nitrogens with zero attached hydrogens (tertiary/aromatic N) is 1. The van der Waals surface area contributed by atoms with Crippen LogP contribution in [0.4, 0.5) is 10.5 Å². The van der Waals surface area contributed by atoms with Gasteiger partial charge in [-0.05, 0) is 57.9 Å². The van der Waals surface area contributed by atoms with Gasteiger partial charge in [-0.15, -0.1) is 0 Å². The highest BCUT2D eigenvalue weighted by atomic mass is 16.6. The van der Waals surface area contributed by atoms with Crippen LogP contribution in [0.1, 0.15) is 40.5 Å². The molecule has 1 amide bonds. The first-order valence-corrected chi connectivity index (χ1v) is 8.34. The van der Waals surface area contributed by atoms with Gasteiger partial charge in [0.1, 0.15) is 11.4 Å². The smallest absolute Gasteiger partial charge is 0.410 e. The summed E-state index contributed by atoms with van der Waals surface area (Å²) in [4.78, 5) is 13.8. The number of likely N-dealkylation sites (tertiary alicyclic amines) is 1. The average molecular weight is 320 g/mol. The third-order valence-electron chi connectivity index (χ3n) is 3.54. The van der Waals surface area contributed by atoms with Crippen LogP contribution >= 0.6 is 0 Å². The quantitative estimate of drug-likeness (QED) is 0.894. The normalized spacial score (nSPS) is 17.9. The summed E-state index contributed by atoms with van der Waals surface area (Å²) in [6.07, 6.45) is 1.70. The first kappa shape index (κ1) is 17.4. The number of anilines is 1. The van der Waals surface area contributed by atoms with E-state index in [1.165, 1.54) is 0 Å².